The molecule has 0 amide bonds. The smallest absolute Gasteiger partial charge is 0.316 e. The molecule has 0 aliphatic rings. The molecule has 0 bridgehead atoms. The number of ether oxygens (including phenoxy) is 1. The number of carbonyl (C=O) groups excluding carboxylic acids is 1. The normalized spacial score (nSPS) is 10.4. The summed E-state index contributed by atoms with van der Waals surface area (Å²) in [4.78, 5) is 30.0. The van der Waals surface area contributed by atoms with Gasteiger partial charge >= 0.3 is 5.97 Å². The first-order valence-corrected chi connectivity index (χ1v) is 7.81. The van der Waals surface area contributed by atoms with Gasteiger partial charge in [-0.05, 0) is 6.92 Å². The van der Waals surface area contributed by atoms with E-state index in [4.69, 9.17) is 0 Å². The van der Waals surface area contributed by atoms with Crippen LogP contribution >= 0.6 is 11.8 Å². The van der Waals surface area contributed by atoms with Gasteiger partial charge in [-0.1, -0.05) is 11.8 Å². The maximum absolute atomic E-state index is 11.1. The van der Waals surface area contributed by atoms with Crippen molar-refractivity contribution in [3.8, 4) is 5.95 Å². The van der Waals surface area contributed by atoms with Gasteiger partial charge in [0.25, 0.3) is 5.95 Å². The van der Waals surface area contributed by atoms with Crippen molar-refractivity contribution in [2.45, 2.75) is 12.1 Å². The van der Waals surface area contributed by atoms with Crippen LogP contribution in [0.1, 0.15) is 6.92 Å². The van der Waals surface area contributed by atoms with E-state index in [1.807, 2.05) is 21.0 Å². The van der Waals surface area contributed by atoms with Crippen molar-refractivity contribution in [1.82, 2.24) is 29.7 Å². The molecule has 23 heavy (non-hydrogen) atoms. The lowest BCUT2D eigenvalue weighted by Crippen LogP contribution is -2.17. The molecule has 0 aliphatic carbocycles. The Morgan fingerprint density at radius 2 is 2.17 bits per heavy atom. The van der Waals surface area contributed by atoms with Gasteiger partial charge in [0.15, 0.2) is 0 Å². The minimum Gasteiger partial charge on any atom is -0.468 e. The monoisotopic (exact) mass is 338 g/mol. The Balaban J connectivity index is 2.23. The summed E-state index contributed by atoms with van der Waals surface area (Å²) in [7, 11) is 5.02. The third kappa shape index (κ3) is 4.52. The number of nitrogens with one attached hydrogen (secondary N) is 1. The lowest BCUT2D eigenvalue weighted by atomic mass is 10.7. The zero-order valence-electron chi connectivity index (χ0n) is 13.3. The number of carbonyl (C=O) groups is 1. The third-order valence-corrected chi connectivity index (χ3v) is 3.39. The molecule has 0 saturated heterocycles. The maximum atomic E-state index is 11.1. The van der Waals surface area contributed by atoms with Crippen molar-refractivity contribution in [3.63, 3.8) is 0 Å². The molecule has 1 N–H and O–H groups in total. The predicted molar refractivity (Wildman–Crippen MR) is 86.0 cm³/mol. The topological polar surface area (TPSA) is 111 Å². The molecule has 0 spiro atoms. The van der Waals surface area contributed by atoms with Crippen molar-refractivity contribution in [2.75, 3.05) is 43.7 Å². The Morgan fingerprint density at radius 3 is 2.83 bits per heavy atom. The standard InChI is InChI=1S/C12H18N8O2S/c1-5-13-9-15-10(19(2)3)17-11(16-9)20-7-14-12(18-20)23-6-8(21)22-4/h7H,5-6H2,1-4H3,(H,13,15,16,17). The molecule has 11 heteroatoms. The number of hydrogen-bond acceptors (Lipinski definition) is 10. The van der Waals surface area contributed by atoms with Gasteiger partial charge in [0.05, 0.1) is 12.9 Å². The van der Waals surface area contributed by atoms with E-state index in [0.29, 0.717) is 29.5 Å². The van der Waals surface area contributed by atoms with Crippen LogP contribution in [0, 0.1) is 0 Å². The van der Waals surface area contributed by atoms with Gasteiger partial charge in [-0.3, -0.25) is 4.79 Å². The number of rotatable bonds is 7. The molecule has 10 nitrogen and oxygen atoms in total. The van der Waals surface area contributed by atoms with Crippen molar-refractivity contribution >= 4 is 29.6 Å². The highest BCUT2D eigenvalue weighted by molar-refractivity contribution is 7.99. The molecular weight excluding hydrogens is 320 g/mol. The van der Waals surface area contributed by atoms with Crippen LogP contribution in [0.15, 0.2) is 11.5 Å². The first kappa shape index (κ1) is 16.9. The van der Waals surface area contributed by atoms with Crippen LogP contribution in [0.3, 0.4) is 0 Å². The van der Waals surface area contributed by atoms with Crippen molar-refractivity contribution in [3.05, 3.63) is 6.33 Å². The largest absolute Gasteiger partial charge is 0.468 e. The Morgan fingerprint density at radius 1 is 1.39 bits per heavy atom. The molecule has 2 rings (SSSR count). The van der Waals surface area contributed by atoms with Crippen molar-refractivity contribution in [1.29, 1.82) is 0 Å². The molecular formula is C12H18N8O2S. The van der Waals surface area contributed by atoms with Gasteiger partial charge in [0.2, 0.25) is 17.1 Å². The van der Waals surface area contributed by atoms with E-state index in [1.54, 1.807) is 4.90 Å². The molecule has 0 unspecified atom stereocenters. The predicted octanol–water partition coefficient (Wildman–Crippen LogP) is 0.215. The fourth-order valence-corrected chi connectivity index (χ4v) is 2.12. The lowest BCUT2D eigenvalue weighted by molar-refractivity contribution is -0.137. The summed E-state index contributed by atoms with van der Waals surface area (Å²) in [5, 5.41) is 7.74. The SMILES string of the molecule is CCNc1nc(N(C)C)nc(-n2cnc(SCC(=O)OC)n2)n1. The molecule has 2 aromatic rings. The Hall–Kier alpha value is -2.43. The highest BCUT2D eigenvalue weighted by Crippen LogP contribution is 2.15. The summed E-state index contributed by atoms with van der Waals surface area (Å²) in [6.45, 7) is 2.64. The number of aromatic nitrogens is 6. The van der Waals surface area contributed by atoms with Crippen LogP contribution in [0.25, 0.3) is 5.95 Å². The Bertz CT molecular complexity index is 675. The van der Waals surface area contributed by atoms with Gasteiger partial charge in [-0.2, -0.15) is 19.6 Å². The Labute approximate surface area is 137 Å². The van der Waals surface area contributed by atoms with Crippen molar-refractivity contribution < 1.29 is 9.53 Å². The van der Waals surface area contributed by atoms with Gasteiger partial charge in [0.1, 0.15) is 6.33 Å². The number of hydrogen-bond donors (Lipinski definition) is 1. The van der Waals surface area contributed by atoms with E-state index in [1.165, 1.54) is 29.9 Å². The summed E-state index contributed by atoms with van der Waals surface area (Å²) in [5.74, 6) is 1.11. The fourth-order valence-electron chi connectivity index (χ4n) is 1.49. The molecule has 124 valence electrons. The van der Waals surface area contributed by atoms with Crippen LogP contribution in [0.2, 0.25) is 0 Å². The van der Waals surface area contributed by atoms with E-state index < -0.39 is 0 Å². The Kier molecular flexibility index (Phi) is 5.68. The summed E-state index contributed by atoms with van der Waals surface area (Å²) in [6, 6.07) is 0. The summed E-state index contributed by atoms with van der Waals surface area (Å²) in [6.07, 6.45) is 1.49. The number of methoxy groups -OCH3 is 1. The summed E-state index contributed by atoms with van der Waals surface area (Å²) in [5.41, 5.74) is 0. The second-order valence-corrected chi connectivity index (χ2v) is 5.46. The summed E-state index contributed by atoms with van der Waals surface area (Å²) < 4.78 is 6.02. The molecule has 0 aromatic carbocycles. The molecule has 0 radical (unpaired) electrons. The quantitative estimate of drug-likeness (QED) is 0.555. The molecule has 2 aromatic heterocycles. The van der Waals surface area contributed by atoms with Crippen LogP contribution in [-0.4, -0.2) is 69.2 Å². The fraction of sp³-hybridized carbons (Fsp3) is 0.500. The van der Waals surface area contributed by atoms with Crippen LogP contribution < -0.4 is 10.2 Å². The number of nitrogens with zero attached hydrogens (tertiary/aromatic N) is 7. The average Bonchev–Trinajstić information content (AvgIpc) is 3.01. The van der Waals surface area contributed by atoms with Crippen LogP contribution in [0.5, 0.6) is 0 Å². The molecule has 0 atom stereocenters. The van der Waals surface area contributed by atoms with Gasteiger partial charge in [-0.25, -0.2) is 4.98 Å². The highest BCUT2D eigenvalue weighted by atomic mass is 32.2. The number of anilines is 2. The molecule has 0 aliphatic heterocycles. The van der Waals surface area contributed by atoms with E-state index in [9.17, 15) is 4.79 Å². The highest BCUT2D eigenvalue weighted by Gasteiger charge is 2.12. The molecule has 2 heterocycles. The minimum absolute atomic E-state index is 0.142. The van der Waals surface area contributed by atoms with Crippen LogP contribution in [0.4, 0.5) is 11.9 Å². The maximum Gasteiger partial charge on any atom is 0.316 e. The first-order chi connectivity index (χ1) is 11.0. The third-order valence-electron chi connectivity index (χ3n) is 2.57. The van der Waals surface area contributed by atoms with E-state index >= 15 is 0 Å². The molecule has 0 fully saturated rings. The van der Waals surface area contributed by atoms with E-state index in [0.717, 1.165) is 0 Å². The van der Waals surface area contributed by atoms with Crippen LogP contribution in [-0.2, 0) is 9.53 Å². The van der Waals surface area contributed by atoms with Crippen molar-refractivity contribution in [2.24, 2.45) is 0 Å². The van der Waals surface area contributed by atoms with Gasteiger partial charge < -0.3 is 15.0 Å². The zero-order valence-corrected chi connectivity index (χ0v) is 14.2. The summed E-state index contributed by atoms with van der Waals surface area (Å²) >= 11 is 1.18. The second-order valence-electron chi connectivity index (χ2n) is 4.52. The van der Waals surface area contributed by atoms with Gasteiger partial charge in [-0.15, -0.1) is 5.10 Å². The number of esters is 1. The second kappa shape index (κ2) is 7.72. The van der Waals surface area contributed by atoms with E-state index in [2.05, 4.69) is 35.1 Å². The average molecular weight is 338 g/mol. The number of thioether (sulfide) groups is 1. The van der Waals surface area contributed by atoms with Gasteiger partial charge in [0, 0.05) is 20.6 Å². The molecule has 0 saturated carbocycles. The zero-order chi connectivity index (χ0) is 16.8. The minimum atomic E-state index is -0.337. The van der Waals surface area contributed by atoms with E-state index in [-0.39, 0.29) is 11.7 Å². The lowest BCUT2D eigenvalue weighted by Gasteiger charge is -2.12. The first-order valence-electron chi connectivity index (χ1n) is 6.82.